The topological polar surface area (TPSA) is 39.1 Å². The van der Waals surface area contributed by atoms with E-state index < -0.39 is 0 Å². The summed E-state index contributed by atoms with van der Waals surface area (Å²) in [5.74, 6) is -0.217. The minimum Gasteiger partial charge on any atom is -0.368 e. The molecule has 3 nitrogen and oxygen atoms in total. The van der Waals surface area contributed by atoms with Gasteiger partial charge >= 0.3 is 0 Å². The second kappa shape index (κ2) is 5.15. The lowest BCUT2D eigenvalue weighted by atomic mass is 10.1. The Bertz CT molecular complexity index is 427. The summed E-state index contributed by atoms with van der Waals surface area (Å²) in [4.78, 5) is 2.13. The van der Waals surface area contributed by atoms with Crippen LogP contribution in [0.1, 0.15) is 13.3 Å². The molecule has 1 aromatic rings. The second-order valence-electron chi connectivity index (χ2n) is 4.51. The van der Waals surface area contributed by atoms with Crippen LogP contribution < -0.4 is 10.2 Å². The van der Waals surface area contributed by atoms with Crippen LogP contribution in [0.2, 0.25) is 0 Å². The predicted molar refractivity (Wildman–Crippen MR) is 65.2 cm³/mol. The van der Waals surface area contributed by atoms with E-state index in [0.29, 0.717) is 12.5 Å². The van der Waals surface area contributed by atoms with Crippen LogP contribution in [0.25, 0.3) is 0 Å². The number of benzene rings is 1. The van der Waals surface area contributed by atoms with Gasteiger partial charge in [-0.1, -0.05) is 6.07 Å². The summed E-state index contributed by atoms with van der Waals surface area (Å²) in [5, 5.41) is 12.1. The molecule has 1 heterocycles. The molecule has 1 aliphatic heterocycles. The average molecular weight is 233 g/mol. The molecular weight excluding hydrogens is 217 g/mol. The normalized spacial score (nSPS) is 24.4. The molecule has 1 aromatic carbocycles. The second-order valence-corrected chi connectivity index (χ2v) is 4.51. The van der Waals surface area contributed by atoms with Gasteiger partial charge in [-0.15, -0.1) is 0 Å². The standard InChI is InChI=1S/C13H16FN3/c1-10-8-17(9-12(16-10)5-6-15)13-4-2-3-11(14)7-13/h2-4,7,10,12,16H,5,8-9H2,1H3. The molecule has 90 valence electrons. The Morgan fingerprint density at radius 1 is 1.53 bits per heavy atom. The number of nitrogens with one attached hydrogen (secondary N) is 1. The molecule has 0 bridgehead atoms. The molecule has 1 saturated heterocycles. The maximum atomic E-state index is 13.2. The summed E-state index contributed by atoms with van der Waals surface area (Å²) in [6, 6.07) is 9.26. The van der Waals surface area contributed by atoms with Crippen molar-refractivity contribution in [1.29, 1.82) is 5.26 Å². The van der Waals surface area contributed by atoms with E-state index in [1.807, 2.05) is 6.07 Å². The lowest BCUT2D eigenvalue weighted by Crippen LogP contribution is -2.55. The van der Waals surface area contributed by atoms with Gasteiger partial charge in [0.2, 0.25) is 0 Å². The van der Waals surface area contributed by atoms with Gasteiger partial charge in [-0.05, 0) is 25.1 Å². The van der Waals surface area contributed by atoms with E-state index in [-0.39, 0.29) is 11.9 Å². The fourth-order valence-electron chi connectivity index (χ4n) is 2.30. The molecule has 0 aromatic heterocycles. The zero-order valence-corrected chi connectivity index (χ0v) is 9.86. The Kier molecular flexibility index (Phi) is 3.60. The van der Waals surface area contributed by atoms with E-state index in [9.17, 15) is 4.39 Å². The Morgan fingerprint density at radius 2 is 2.35 bits per heavy atom. The summed E-state index contributed by atoms with van der Waals surface area (Å²) in [5.41, 5.74) is 0.890. The number of halogens is 1. The van der Waals surface area contributed by atoms with E-state index in [0.717, 1.165) is 18.8 Å². The number of hydrogen-bond acceptors (Lipinski definition) is 3. The van der Waals surface area contributed by atoms with Gasteiger partial charge in [0, 0.05) is 30.9 Å². The van der Waals surface area contributed by atoms with Gasteiger partial charge in [-0.3, -0.25) is 0 Å². The van der Waals surface area contributed by atoms with Crippen molar-refractivity contribution in [3.63, 3.8) is 0 Å². The first-order chi connectivity index (χ1) is 8.19. The van der Waals surface area contributed by atoms with Crippen molar-refractivity contribution >= 4 is 5.69 Å². The SMILES string of the molecule is CC1CN(c2cccc(F)c2)CC(CC#N)N1. The van der Waals surface area contributed by atoms with Crippen LogP contribution in [0, 0.1) is 17.1 Å². The number of nitriles is 1. The van der Waals surface area contributed by atoms with Crippen LogP contribution in [-0.4, -0.2) is 25.2 Å². The average Bonchev–Trinajstić information content (AvgIpc) is 2.28. The first-order valence-electron chi connectivity index (χ1n) is 5.82. The Morgan fingerprint density at radius 3 is 3.06 bits per heavy atom. The number of anilines is 1. The van der Waals surface area contributed by atoms with E-state index >= 15 is 0 Å². The third-order valence-corrected chi connectivity index (χ3v) is 2.97. The first-order valence-corrected chi connectivity index (χ1v) is 5.82. The van der Waals surface area contributed by atoms with Crippen LogP contribution in [-0.2, 0) is 0 Å². The highest BCUT2D eigenvalue weighted by Gasteiger charge is 2.23. The summed E-state index contributed by atoms with van der Waals surface area (Å²) >= 11 is 0. The maximum Gasteiger partial charge on any atom is 0.125 e. The fourth-order valence-corrected chi connectivity index (χ4v) is 2.30. The third kappa shape index (κ3) is 2.95. The zero-order valence-electron chi connectivity index (χ0n) is 9.86. The fraction of sp³-hybridized carbons (Fsp3) is 0.462. The number of piperazine rings is 1. The number of hydrogen-bond donors (Lipinski definition) is 1. The Hall–Kier alpha value is -1.60. The van der Waals surface area contributed by atoms with Crippen molar-refractivity contribution in [3.8, 4) is 6.07 Å². The van der Waals surface area contributed by atoms with Crippen molar-refractivity contribution in [2.24, 2.45) is 0 Å². The van der Waals surface area contributed by atoms with Gasteiger partial charge in [0.15, 0.2) is 0 Å². The third-order valence-electron chi connectivity index (χ3n) is 2.97. The molecule has 1 N–H and O–H groups in total. The monoisotopic (exact) mass is 233 g/mol. The molecule has 0 aliphatic carbocycles. The van der Waals surface area contributed by atoms with E-state index in [2.05, 4.69) is 23.2 Å². The summed E-state index contributed by atoms with van der Waals surface area (Å²) < 4.78 is 13.2. The van der Waals surface area contributed by atoms with E-state index in [4.69, 9.17) is 5.26 Å². The van der Waals surface area contributed by atoms with Crippen LogP contribution in [0.4, 0.5) is 10.1 Å². The van der Waals surface area contributed by atoms with Crippen LogP contribution >= 0.6 is 0 Å². The van der Waals surface area contributed by atoms with E-state index in [1.54, 1.807) is 12.1 Å². The molecule has 0 saturated carbocycles. The number of nitrogens with zero attached hydrogens (tertiary/aromatic N) is 2. The van der Waals surface area contributed by atoms with Crippen LogP contribution in [0.5, 0.6) is 0 Å². The summed E-state index contributed by atoms with van der Waals surface area (Å²) in [6.07, 6.45) is 0.482. The molecular formula is C13H16FN3. The summed E-state index contributed by atoms with van der Waals surface area (Å²) in [7, 11) is 0. The quantitative estimate of drug-likeness (QED) is 0.848. The molecule has 4 heteroatoms. The smallest absolute Gasteiger partial charge is 0.125 e. The summed E-state index contributed by atoms with van der Waals surface area (Å²) in [6.45, 7) is 3.67. The van der Waals surface area contributed by atoms with Gasteiger partial charge in [-0.25, -0.2) is 4.39 Å². The van der Waals surface area contributed by atoms with Gasteiger partial charge in [0.25, 0.3) is 0 Å². The molecule has 2 unspecified atom stereocenters. The predicted octanol–water partition coefficient (Wildman–Crippen LogP) is 1.91. The van der Waals surface area contributed by atoms with E-state index in [1.165, 1.54) is 6.07 Å². The molecule has 0 spiro atoms. The lowest BCUT2D eigenvalue weighted by Gasteiger charge is -2.38. The van der Waals surface area contributed by atoms with Crippen LogP contribution in [0.15, 0.2) is 24.3 Å². The highest BCUT2D eigenvalue weighted by atomic mass is 19.1. The molecule has 2 rings (SSSR count). The highest BCUT2D eigenvalue weighted by Crippen LogP contribution is 2.19. The van der Waals surface area contributed by atoms with Crippen molar-refractivity contribution in [3.05, 3.63) is 30.1 Å². The molecule has 1 fully saturated rings. The van der Waals surface area contributed by atoms with Gasteiger partial charge in [0.1, 0.15) is 5.82 Å². The van der Waals surface area contributed by atoms with Gasteiger partial charge in [0.05, 0.1) is 12.5 Å². The Balaban J connectivity index is 2.13. The zero-order chi connectivity index (χ0) is 12.3. The first kappa shape index (κ1) is 11.9. The minimum atomic E-state index is -0.217. The highest BCUT2D eigenvalue weighted by molar-refractivity contribution is 5.47. The molecule has 17 heavy (non-hydrogen) atoms. The van der Waals surface area contributed by atoms with Gasteiger partial charge < -0.3 is 10.2 Å². The van der Waals surface area contributed by atoms with Crippen molar-refractivity contribution in [1.82, 2.24) is 5.32 Å². The molecule has 0 radical (unpaired) electrons. The van der Waals surface area contributed by atoms with Gasteiger partial charge in [-0.2, -0.15) is 5.26 Å². The minimum absolute atomic E-state index is 0.159. The van der Waals surface area contributed by atoms with Crippen molar-refractivity contribution < 1.29 is 4.39 Å². The maximum absolute atomic E-state index is 13.2. The molecule has 0 amide bonds. The molecule has 1 aliphatic rings. The number of rotatable bonds is 2. The Labute approximate surface area is 101 Å². The van der Waals surface area contributed by atoms with Crippen molar-refractivity contribution in [2.75, 3.05) is 18.0 Å². The van der Waals surface area contributed by atoms with Crippen molar-refractivity contribution in [2.45, 2.75) is 25.4 Å². The van der Waals surface area contributed by atoms with Crippen LogP contribution in [0.3, 0.4) is 0 Å². The molecule has 2 atom stereocenters. The lowest BCUT2D eigenvalue weighted by molar-refractivity contribution is 0.391. The largest absolute Gasteiger partial charge is 0.368 e.